The lowest BCUT2D eigenvalue weighted by Crippen LogP contribution is -2.47. The standard InChI is InChI=1S/C48H49N13O3/c62-26-2-15-59-32-50-44-46(59)53-48(58-24-20-56(21-25-58)37-7-11-39(64)12-8-37)54-47(44)60-16-13-40-34(3-1-4-42(40)60)27-33-28-35(30-49-29-33)41-31-51-61-17-14-43(52-45(41)61)57-22-18-55(19-23-57)36-5-9-38(63)10-6-36/h1,3-12,14,17,28-32,62-64H,2,13,15-16,18-27H2. The summed E-state index contributed by atoms with van der Waals surface area (Å²) in [7, 11) is 0. The number of hydrogen-bond acceptors (Lipinski definition) is 14. The van der Waals surface area contributed by atoms with Crippen LogP contribution in [0.4, 0.5) is 34.6 Å². The number of nitrogens with zero attached hydrogens (tertiary/aromatic N) is 13. The van der Waals surface area contributed by atoms with Gasteiger partial charge >= 0.3 is 0 Å². The maximum absolute atomic E-state index is 9.81. The predicted molar refractivity (Wildman–Crippen MR) is 248 cm³/mol. The van der Waals surface area contributed by atoms with Crippen LogP contribution in [0.15, 0.2) is 110 Å². The third kappa shape index (κ3) is 7.48. The minimum atomic E-state index is 0.0871. The molecule has 3 aliphatic heterocycles. The van der Waals surface area contributed by atoms with E-state index in [9.17, 15) is 15.3 Å². The summed E-state index contributed by atoms with van der Waals surface area (Å²) in [4.78, 5) is 36.6. The van der Waals surface area contributed by atoms with E-state index in [-0.39, 0.29) is 18.1 Å². The molecule has 5 aromatic heterocycles. The highest BCUT2D eigenvalue weighted by molar-refractivity contribution is 5.89. The predicted octanol–water partition coefficient (Wildman–Crippen LogP) is 5.66. The third-order valence-corrected chi connectivity index (χ3v) is 12.8. The number of aromatic hydroxyl groups is 2. The Morgan fingerprint density at radius 1 is 0.656 bits per heavy atom. The van der Waals surface area contributed by atoms with Gasteiger partial charge in [0.1, 0.15) is 17.3 Å². The number of imidazole rings is 1. The first kappa shape index (κ1) is 39.4. The van der Waals surface area contributed by atoms with Gasteiger partial charge in [-0.25, -0.2) is 14.5 Å². The molecule has 11 rings (SSSR count). The van der Waals surface area contributed by atoms with Crippen molar-refractivity contribution in [1.29, 1.82) is 0 Å². The summed E-state index contributed by atoms with van der Waals surface area (Å²) in [6, 6.07) is 25.6. The van der Waals surface area contributed by atoms with Gasteiger partial charge in [-0.15, -0.1) is 0 Å². The van der Waals surface area contributed by atoms with E-state index in [1.165, 1.54) is 11.1 Å². The van der Waals surface area contributed by atoms with Crippen LogP contribution < -0.4 is 24.5 Å². The summed E-state index contributed by atoms with van der Waals surface area (Å²) in [6.07, 6.45) is 11.7. The van der Waals surface area contributed by atoms with Gasteiger partial charge in [-0.3, -0.25) is 4.98 Å². The number of pyridine rings is 1. The lowest BCUT2D eigenvalue weighted by molar-refractivity contribution is 0.280. The minimum absolute atomic E-state index is 0.0871. The zero-order valence-electron chi connectivity index (χ0n) is 35.4. The van der Waals surface area contributed by atoms with Crippen LogP contribution in [0, 0.1) is 0 Å². The van der Waals surface area contributed by atoms with E-state index in [2.05, 4.69) is 53.9 Å². The number of aryl methyl sites for hydroxylation is 1. The topological polar surface area (TPSA) is 164 Å². The van der Waals surface area contributed by atoms with E-state index < -0.39 is 0 Å². The molecule has 3 aliphatic rings. The Kier molecular flexibility index (Phi) is 10.3. The van der Waals surface area contributed by atoms with Crippen molar-refractivity contribution in [2.45, 2.75) is 25.8 Å². The molecule has 0 bridgehead atoms. The van der Waals surface area contributed by atoms with Crippen LogP contribution in [0.3, 0.4) is 0 Å². The smallest absolute Gasteiger partial charge is 0.229 e. The van der Waals surface area contributed by atoms with Crippen LogP contribution in [-0.4, -0.2) is 120 Å². The second-order valence-electron chi connectivity index (χ2n) is 16.7. The molecule has 0 spiro atoms. The second-order valence-corrected chi connectivity index (χ2v) is 16.7. The lowest BCUT2D eigenvalue weighted by Gasteiger charge is -2.36. The molecule has 8 aromatic rings. The molecule has 2 fully saturated rings. The molecule has 0 unspecified atom stereocenters. The molecule has 0 aliphatic carbocycles. The molecule has 8 heterocycles. The van der Waals surface area contributed by atoms with Crippen LogP contribution in [0.25, 0.3) is 27.9 Å². The Balaban J connectivity index is 0.840. The molecule has 16 heteroatoms. The number of piperazine rings is 2. The van der Waals surface area contributed by atoms with E-state index in [0.717, 1.165) is 128 Å². The normalized spacial score (nSPS) is 15.5. The zero-order valence-corrected chi connectivity index (χ0v) is 35.4. The maximum Gasteiger partial charge on any atom is 0.229 e. The molecule has 16 nitrogen and oxygen atoms in total. The number of benzene rings is 3. The van der Waals surface area contributed by atoms with Crippen molar-refractivity contribution in [3.8, 4) is 22.6 Å². The van der Waals surface area contributed by atoms with Gasteiger partial charge in [0.15, 0.2) is 22.6 Å². The number of hydrogen-bond donors (Lipinski definition) is 3. The minimum Gasteiger partial charge on any atom is -0.508 e. The Morgan fingerprint density at radius 3 is 2.08 bits per heavy atom. The van der Waals surface area contributed by atoms with Crippen LogP contribution >= 0.6 is 0 Å². The molecule has 324 valence electrons. The number of rotatable bonds is 11. The summed E-state index contributed by atoms with van der Waals surface area (Å²) in [5.74, 6) is 2.93. The van der Waals surface area contributed by atoms with Gasteiger partial charge in [0, 0.05) is 119 Å². The van der Waals surface area contributed by atoms with Gasteiger partial charge in [0.2, 0.25) is 5.95 Å². The highest BCUT2D eigenvalue weighted by atomic mass is 16.3. The zero-order chi connectivity index (χ0) is 43.1. The first-order valence-electron chi connectivity index (χ1n) is 22.0. The Morgan fingerprint density at radius 2 is 1.36 bits per heavy atom. The molecule has 0 amide bonds. The molecule has 0 radical (unpaired) electrons. The van der Waals surface area contributed by atoms with Crippen LogP contribution in [0.5, 0.6) is 11.5 Å². The third-order valence-electron chi connectivity index (χ3n) is 12.8. The average molecular weight is 856 g/mol. The van der Waals surface area contributed by atoms with Gasteiger partial charge in [0.05, 0.1) is 12.5 Å². The number of phenols is 2. The molecule has 64 heavy (non-hydrogen) atoms. The van der Waals surface area contributed by atoms with Gasteiger partial charge in [0.25, 0.3) is 0 Å². The SMILES string of the molecule is OCCCn1cnc2c(N3CCc4c(Cc5cncc(-c6cnn7ccc(N8CCN(c9ccc(O)cc9)CC8)nc67)c5)cccc43)nc(N3CCN(c4ccc(O)cc4)CC3)nc21. The number of aliphatic hydroxyl groups excluding tert-OH is 1. The van der Waals surface area contributed by atoms with Crippen LogP contribution in [0.2, 0.25) is 0 Å². The number of aliphatic hydroxyl groups is 1. The number of anilines is 6. The van der Waals surface area contributed by atoms with Crippen molar-refractivity contribution in [3.63, 3.8) is 0 Å². The molecule has 0 saturated carbocycles. The highest BCUT2D eigenvalue weighted by Crippen LogP contribution is 2.40. The first-order valence-corrected chi connectivity index (χ1v) is 22.0. The fourth-order valence-electron chi connectivity index (χ4n) is 9.42. The number of fused-ring (bicyclic) bond motifs is 3. The van der Waals surface area contributed by atoms with E-state index in [0.29, 0.717) is 25.3 Å². The van der Waals surface area contributed by atoms with Crippen LogP contribution in [0.1, 0.15) is 23.1 Å². The van der Waals surface area contributed by atoms with Crippen LogP contribution in [-0.2, 0) is 19.4 Å². The number of aromatic nitrogens is 8. The van der Waals surface area contributed by atoms with Crippen molar-refractivity contribution >= 4 is 51.5 Å². The summed E-state index contributed by atoms with van der Waals surface area (Å²) in [5, 5.41) is 33.9. The van der Waals surface area contributed by atoms with Crippen molar-refractivity contribution in [2.75, 3.05) is 90.0 Å². The maximum atomic E-state index is 9.81. The summed E-state index contributed by atoms with van der Waals surface area (Å²) in [6.45, 7) is 7.94. The van der Waals surface area contributed by atoms with Gasteiger partial charge < -0.3 is 44.4 Å². The van der Waals surface area contributed by atoms with E-state index in [1.54, 1.807) is 24.3 Å². The van der Waals surface area contributed by atoms with Crippen molar-refractivity contribution in [2.24, 2.45) is 0 Å². The lowest BCUT2D eigenvalue weighted by atomic mass is 9.97. The molecule has 3 N–H and O–H groups in total. The summed E-state index contributed by atoms with van der Waals surface area (Å²) >= 11 is 0. The van der Waals surface area contributed by atoms with Gasteiger partial charge in [-0.1, -0.05) is 12.1 Å². The molecular weight excluding hydrogens is 807 g/mol. The number of phenolic OH excluding ortho intramolecular Hbond substituents is 2. The highest BCUT2D eigenvalue weighted by Gasteiger charge is 2.30. The molecule has 2 saturated heterocycles. The van der Waals surface area contributed by atoms with Gasteiger partial charge in [-0.05, 0) is 103 Å². The molecular formula is C48H49N13O3. The quantitative estimate of drug-likeness (QED) is 0.146. The molecule has 3 aromatic carbocycles. The van der Waals surface area contributed by atoms with Gasteiger partial charge in [-0.2, -0.15) is 15.1 Å². The Hall–Kier alpha value is -7.46. The van der Waals surface area contributed by atoms with E-state index in [4.69, 9.17) is 24.9 Å². The Bertz CT molecular complexity index is 2940. The van der Waals surface area contributed by atoms with E-state index in [1.807, 2.05) is 70.5 Å². The van der Waals surface area contributed by atoms with Crippen molar-refractivity contribution in [3.05, 3.63) is 127 Å². The first-order chi connectivity index (χ1) is 31.5. The molecule has 0 atom stereocenters. The van der Waals surface area contributed by atoms with E-state index >= 15 is 0 Å². The van der Waals surface area contributed by atoms with Crippen molar-refractivity contribution in [1.82, 2.24) is 39.1 Å². The fraction of sp³-hybridized carbons (Fsp3) is 0.292. The fourth-order valence-corrected chi connectivity index (χ4v) is 9.42. The van der Waals surface area contributed by atoms with Crippen molar-refractivity contribution < 1.29 is 15.3 Å². The average Bonchev–Trinajstić information content (AvgIpc) is 4.09. The second kappa shape index (κ2) is 16.7. The summed E-state index contributed by atoms with van der Waals surface area (Å²) < 4.78 is 3.86. The summed E-state index contributed by atoms with van der Waals surface area (Å²) in [5.41, 5.74) is 11.2. The largest absolute Gasteiger partial charge is 0.508 e. The monoisotopic (exact) mass is 855 g/mol. The Labute approximate surface area is 369 Å².